The van der Waals surface area contributed by atoms with E-state index in [0.717, 1.165) is 11.8 Å². The van der Waals surface area contributed by atoms with Gasteiger partial charge in [0.15, 0.2) is 6.29 Å². The van der Waals surface area contributed by atoms with Gasteiger partial charge in [-0.15, -0.1) is 0 Å². The number of carbonyl (C=O) groups excluding carboxylic acids is 1. The second kappa shape index (κ2) is 4.45. The van der Waals surface area contributed by atoms with Crippen LogP contribution in [0.2, 0.25) is 5.02 Å². The summed E-state index contributed by atoms with van der Waals surface area (Å²) in [6.45, 7) is 0. The lowest BCUT2D eigenvalue weighted by molar-refractivity contribution is 0.112. The van der Waals surface area contributed by atoms with Gasteiger partial charge in [-0.3, -0.25) is 4.79 Å². The van der Waals surface area contributed by atoms with Gasteiger partial charge in [0.05, 0.1) is 0 Å². The fraction of sp³-hybridized carbons (Fsp3) is 0. The predicted octanol–water partition coefficient (Wildman–Crippen LogP) is 3.96. The van der Waals surface area contributed by atoms with E-state index in [9.17, 15) is 9.18 Å². The molecule has 2 aromatic carbocycles. The van der Waals surface area contributed by atoms with E-state index in [1.54, 1.807) is 30.3 Å². The quantitative estimate of drug-likeness (QED) is 0.719. The lowest BCUT2D eigenvalue weighted by Crippen LogP contribution is -1.87. The highest BCUT2D eigenvalue weighted by Crippen LogP contribution is 2.26. The van der Waals surface area contributed by atoms with Crippen LogP contribution in [0.4, 0.5) is 4.39 Å². The van der Waals surface area contributed by atoms with Crippen LogP contribution in [0.25, 0.3) is 11.1 Å². The zero-order valence-corrected chi connectivity index (χ0v) is 9.04. The molecule has 0 radical (unpaired) electrons. The summed E-state index contributed by atoms with van der Waals surface area (Å²) in [5, 5.41) is 0.546. The van der Waals surface area contributed by atoms with Gasteiger partial charge in [0.1, 0.15) is 5.82 Å². The summed E-state index contributed by atoms with van der Waals surface area (Å²) in [5.41, 5.74) is 2.02. The highest BCUT2D eigenvalue weighted by Gasteiger charge is 2.05. The van der Waals surface area contributed by atoms with E-state index in [4.69, 9.17) is 11.6 Å². The van der Waals surface area contributed by atoms with E-state index in [-0.39, 0.29) is 5.82 Å². The molecule has 0 aliphatic carbocycles. The highest BCUT2D eigenvalue weighted by atomic mass is 35.5. The van der Waals surface area contributed by atoms with Crippen molar-refractivity contribution in [3.05, 3.63) is 58.9 Å². The summed E-state index contributed by atoms with van der Waals surface area (Å²) in [5.74, 6) is -0.307. The highest BCUT2D eigenvalue weighted by molar-refractivity contribution is 6.31. The standard InChI is InChI=1S/C13H8ClFO/c14-11-4-1-10(8-16)13(7-11)9-2-5-12(15)6-3-9/h1-8H. The van der Waals surface area contributed by atoms with Crippen molar-refractivity contribution in [2.45, 2.75) is 0 Å². The van der Waals surface area contributed by atoms with Crippen LogP contribution in [0.1, 0.15) is 10.4 Å². The molecule has 0 heterocycles. The second-order valence-corrected chi connectivity index (χ2v) is 3.79. The molecular weight excluding hydrogens is 227 g/mol. The molecule has 0 aliphatic rings. The third kappa shape index (κ3) is 2.12. The normalized spacial score (nSPS) is 10.1. The van der Waals surface area contributed by atoms with E-state index in [1.807, 2.05) is 0 Å². The number of hydrogen-bond donors (Lipinski definition) is 0. The molecular formula is C13H8ClFO. The molecule has 80 valence electrons. The lowest BCUT2D eigenvalue weighted by Gasteiger charge is -2.05. The first-order chi connectivity index (χ1) is 7.70. The molecule has 0 aliphatic heterocycles. The molecule has 0 fully saturated rings. The van der Waals surface area contributed by atoms with Crippen molar-refractivity contribution in [2.75, 3.05) is 0 Å². The van der Waals surface area contributed by atoms with E-state index in [1.165, 1.54) is 12.1 Å². The predicted molar refractivity (Wildman–Crippen MR) is 62.2 cm³/mol. The van der Waals surface area contributed by atoms with E-state index in [0.29, 0.717) is 16.1 Å². The zero-order chi connectivity index (χ0) is 11.5. The van der Waals surface area contributed by atoms with Crippen LogP contribution in [0.3, 0.4) is 0 Å². The van der Waals surface area contributed by atoms with Crippen LogP contribution >= 0.6 is 11.6 Å². The molecule has 0 amide bonds. The van der Waals surface area contributed by atoms with Crippen LogP contribution in [0.5, 0.6) is 0 Å². The first kappa shape index (κ1) is 10.8. The van der Waals surface area contributed by atoms with Gasteiger partial charge in [-0.1, -0.05) is 23.7 Å². The molecule has 1 nitrogen and oxygen atoms in total. The Hall–Kier alpha value is -1.67. The summed E-state index contributed by atoms with van der Waals surface area (Å²) < 4.78 is 12.8. The van der Waals surface area contributed by atoms with Crippen molar-refractivity contribution in [3.8, 4) is 11.1 Å². The van der Waals surface area contributed by atoms with E-state index in [2.05, 4.69) is 0 Å². The van der Waals surface area contributed by atoms with Gasteiger partial charge >= 0.3 is 0 Å². The van der Waals surface area contributed by atoms with E-state index < -0.39 is 0 Å². The van der Waals surface area contributed by atoms with Crippen LogP contribution in [-0.4, -0.2) is 6.29 Å². The Morgan fingerprint density at radius 1 is 1.06 bits per heavy atom. The fourth-order valence-corrected chi connectivity index (χ4v) is 1.68. The summed E-state index contributed by atoms with van der Waals surface area (Å²) >= 11 is 5.86. The Balaban J connectivity index is 2.57. The third-order valence-electron chi connectivity index (χ3n) is 2.30. The molecule has 0 atom stereocenters. The van der Waals surface area contributed by atoms with Crippen molar-refractivity contribution >= 4 is 17.9 Å². The topological polar surface area (TPSA) is 17.1 Å². The summed E-state index contributed by atoms with van der Waals surface area (Å²) in [6.07, 6.45) is 0.759. The van der Waals surface area contributed by atoms with Gasteiger partial charge in [0.25, 0.3) is 0 Å². The maximum atomic E-state index is 12.8. The van der Waals surface area contributed by atoms with Crippen molar-refractivity contribution in [3.63, 3.8) is 0 Å². The second-order valence-electron chi connectivity index (χ2n) is 3.36. The summed E-state index contributed by atoms with van der Waals surface area (Å²) in [7, 11) is 0. The minimum atomic E-state index is -0.307. The maximum absolute atomic E-state index is 12.8. The number of hydrogen-bond acceptors (Lipinski definition) is 1. The molecule has 0 saturated carbocycles. The molecule has 0 spiro atoms. The number of aldehydes is 1. The summed E-state index contributed by atoms with van der Waals surface area (Å²) in [4.78, 5) is 10.9. The van der Waals surface area contributed by atoms with Gasteiger partial charge in [-0.25, -0.2) is 4.39 Å². The van der Waals surface area contributed by atoms with E-state index >= 15 is 0 Å². The SMILES string of the molecule is O=Cc1ccc(Cl)cc1-c1ccc(F)cc1. The van der Waals surface area contributed by atoms with Crippen molar-refractivity contribution < 1.29 is 9.18 Å². The van der Waals surface area contributed by atoms with Gasteiger partial charge in [-0.05, 0) is 41.5 Å². The fourth-order valence-electron chi connectivity index (χ4n) is 1.51. The Labute approximate surface area is 97.5 Å². The number of halogens is 2. The zero-order valence-electron chi connectivity index (χ0n) is 8.28. The molecule has 0 unspecified atom stereocenters. The molecule has 16 heavy (non-hydrogen) atoms. The molecule has 0 aromatic heterocycles. The Morgan fingerprint density at radius 3 is 2.38 bits per heavy atom. The number of rotatable bonds is 2. The van der Waals surface area contributed by atoms with Crippen molar-refractivity contribution in [1.29, 1.82) is 0 Å². The van der Waals surface area contributed by atoms with Gasteiger partial charge in [0, 0.05) is 10.6 Å². The number of carbonyl (C=O) groups is 1. The first-order valence-corrected chi connectivity index (χ1v) is 5.09. The third-order valence-corrected chi connectivity index (χ3v) is 2.53. The average molecular weight is 235 g/mol. The molecule has 0 bridgehead atoms. The average Bonchev–Trinajstić information content (AvgIpc) is 2.30. The largest absolute Gasteiger partial charge is 0.298 e. The van der Waals surface area contributed by atoms with Gasteiger partial charge in [0.2, 0.25) is 0 Å². The molecule has 0 saturated heterocycles. The first-order valence-electron chi connectivity index (χ1n) is 4.71. The molecule has 3 heteroatoms. The monoisotopic (exact) mass is 234 g/mol. The Bertz CT molecular complexity index is 520. The summed E-state index contributed by atoms with van der Waals surface area (Å²) in [6, 6.07) is 10.9. The molecule has 0 N–H and O–H groups in total. The van der Waals surface area contributed by atoms with Crippen LogP contribution < -0.4 is 0 Å². The molecule has 2 rings (SSSR count). The van der Waals surface area contributed by atoms with Gasteiger partial charge < -0.3 is 0 Å². The minimum Gasteiger partial charge on any atom is -0.298 e. The van der Waals surface area contributed by atoms with Crippen molar-refractivity contribution in [1.82, 2.24) is 0 Å². The lowest BCUT2D eigenvalue weighted by atomic mass is 10.0. The Kier molecular flexibility index (Phi) is 3.02. The van der Waals surface area contributed by atoms with Gasteiger partial charge in [-0.2, -0.15) is 0 Å². The van der Waals surface area contributed by atoms with Crippen LogP contribution in [0, 0.1) is 5.82 Å². The van der Waals surface area contributed by atoms with Crippen LogP contribution in [0.15, 0.2) is 42.5 Å². The number of benzene rings is 2. The smallest absolute Gasteiger partial charge is 0.150 e. The van der Waals surface area contributed by atoms with Crippen LogP contribution in [-0.2, 0) is 0 Å². The molecule has 2 aromatic rings. The van der Waals surface area contributed by atoms with Crippen molar-refractivity contribution in [2.24, 2.45) is 0 Å². The minimum absolute atomic E-state index is 0.307. The maximum Gasteiger partial charge on any atom is 0.150 e. The Morgan fingerprint density at radius 2 is 1.75 bits per heavy atom.